The highest BCUT2D eigenvalue weighted by Gasteiger charge is 2.12. The van der Waals surface area contributed by atoms with Gasteiger partial charge in [0.15, 0.2) is 17.1 Å². The molecule has 0 bridgehead atoms. The standard InChI is InChI=1S/C21H19N3O2/c1-14-5-4-6-15(11-14)17-8-10-21-22-13-18(24(21)23-17)16-7-9-19(25-2)20(12-16)26-3/h4-13H,1-3H3. The third-order valence-electron chi connectivity index (χ3n) is 4.36. The molecule has 0 N–H and O–H groups in total. The van der Waals surface area contributed by atoms with Crippen LogP contribution >= 0.6 is 0 Å². The third kappa shape index (κ3) is 2.77. The maximum atomic E-state index is 5.42. The van der Waals surface area contributed by atoms with Crippen molar-refractivity contribution in [3.63, 3.8) is 0 Å². The van der Waals surface area contributed by atoms with Crippen LogP contribution in [0, 0.1) is 6.92 Å². The fourth-order valence-corrected chi connectivity index (χ4v) is 3.02. The molecule has 4 aromatic rings. The highest BCUT2D eigenvalue weighted by molar-refractivity contribution is 5.68. The number of ether oxygens (including phenoxy) is 2. The number of aryl methyl sites for hydroxylation is 1. The van der Waals surface area contributed by atoms with Crippen molar-refractivity contribution in [2.75, 3.05) is 14.2 Å². The minimum absolute atomic E-state index is 0.676. The first kappa shape index (κ1) is 16.1. The van der Waals surface area contributed by atoms with E-state index in [0.717, 1.165) is 28.2 Å². The second-order valence-corrected chi connectivity index (χ2v) is 6.07. The summed E-state index contributed by atoms with van der Waals surface area (Å²) in [6, 6.07) is 18.1. The molecule has 0 radical (unpaired) electrons. The second kappa shape index (κ2) is 6.52. The minimum atomic E-state index is 0.676. The van der Waals surface area contributed by atoms with E-state index in [1.807, 2.05) is 47.1 Å². The maximum absolute atomic E-state index is 5.42. The van der Waals surface area contributed by atoms with Gasteiger partial charge in [0, 0.05) is 11.1 Å². The predicted octanol–water partition coefficient (Wildman–Crippen LogP) is 4.39. The lowest BCUT2D eigenvalue weighted by molar-refractivity contribution is 0.355. The highest BCUT2D eigenvalue weighted by atomic mass is 16.5. The summed E-state index contributed by atoms with van der Waals surface area (Å²) in [6.45, 7) is 2.08. The normalized spacial score (nSPS) is 10.9. The third-order valence-corrected chi connectivity index (χ3v) is 4.36. The van der Waals surface area contributed by atoms with Crippen molar-refractivity contribution in [2.45, 2.75) is 6.92 Å². The summed E-state index contributed by atoms with van der Waals surface area (Å²) in [4.78, 5) is 4.47. The largest absolute Gasteiger partial charge is 0.493 e. The Morgan fingerprint density at radius 1 is 0.846 bits per heavy atom. The molecule has 2 aromatic carbocycles. The molecule has 0 saturated carbocycles. The lowest BCUT2D eigenvalue weighted by atomic mass is 10.1. The van der Waals surface area contributed by atoms with Crippen molar-refractivity contribution in [3.8, 4) is 34.0 Å². The van der Waals surface area contributed by atoms with Crippen LogP contribution in [-0.4, -0.2) is 28.8 Å². The van der Waals surface area contributed by atoms with E-state index >= 15 is 0 Å². The van der Waals surface area contributed by atoms with Gasteiger partial charge >= 0.3 is 0 Å². The van der Waals surface area contributed by atoms with Crippen LogP contribution < -0.4 is 9.47 Å². The number of methoxy groups -OCH3 is 2. The van der Waals surface area contributed by atoms with Crippen LogP contribution in [0.3, 0.4) is 0 Å². The zero-order valence-electron chi connectivity index (χ0n) is 14.9. The van der Waals surface area contributed by atoms with Gasteiger partial charge in [0.05, 0.1) is 31.8 Å². The number of imidazole rings is 1. The summed E-state index contributed by atoms with van der Waals surface area (Å²) in [5.74, 6) is 1.37. The number of aromatic nitrogens is 3. The molecule has 0 unspecified atom stereocenters. The molecular weight excluding hydrogens is 326 g/mol. The molecule has 2 aromatic heterocycles. The van der Waals surface area contributed by atoms with Gasteiger partial charge in [-0.05, 0) is 43.3 Å². The average molecular weight is 345 g/mol. The zero-order valence-corrected chi connectivity index (χ0v) is 14.9. The van der Waals surface area contributed by atoms with Crippen molar-refractivity contribution in [1.29, 1.82) is 0 Å². The summed E-state index contributed by atoms with van der Waals surface area (Å²) in [5.41, 5.74) is 5.85. The summed E-state index contributed by atoms with van der Waals surface area (Å²) in [6.07, 6.45) is 1.82. The Bertz CT molecular complexity index is 1090. The van der Waals surface area contributed by atoms with E-state index in [1.165, 1.54) is 5.56 Å². The number of nitrogens with zero attached hydrogens (tertiary/aromatic N) is 3. The fraction of sp³-hybridized carbons (Fsp3) is 0.143. The molecule has 4 rings (SSSR count). The number of benzene rings is 2. The Morgan fingerprint density at radius 3 is 2.46 bits per heavy atom. The van der Waals surface area contributed by atoms with Gasteiger partial charge in [-0.1, -0.05) is 23.8 Å². The lowest BCUT2D eigenvalue weighted by Gasteiger charge is -2.09. The van der Waals surface area contributed by atoms with Crippen molar-refractivity contribution in [3.05, 3.63) is 66.4 Å². The SMILES string of the molecule is COc1ccc(-c2cnc3ccc(-c4cccc(C)c4)nn23)cc1OC. The van der Waals surface area contributed by atoms with Crippen molar-refractivity contribution < 1.29 is 9.47 Å². The first-order valence-electron chi connectivity index (χ1n) is 8.34. The maximum Gasteiger partial charge on any atom is 0.161 e. The van der Waals surface area contributed by atoms with Crippen LogP contribution in [0.2, 0.25) is 0 Å². The van der Waals surface area contributed by atoms with E-state index < -0.39 is 0 Å². The molecule has 5 heteroatoms. The quantitative estimate of drug-likeness (QED) is 0.550. The van der Waals surface area contributed by atoms with Crippen molar-refractivity contribution >= 4 is 5.65 Å². The van der Waals surface area contributed by atoms with E-state index in [-0.39, 0.29) is 0 Å². The van der Waals surface area contributed by atoms with E-state index in [4.69, 9.17) is 14.6 Å². The topological polar surface area (TPSA) is 48.7 Å². The van der Waals surface area contributed by atoms with E-state index in [1.54, 1.807) is 14.2 Å². The number of hydrogen-bond acceptors (Lipinski definition) is 4. The molecule has 0 amide bonds. The van der Waals surface area contributed by atoms with Gasteiger partial charge < -0.3 is 9.47 Å². The van der Waals surface area contributed by atoms with Crippen molar-refractivity contribution in [2.24, 2.45) is 0 Å². The highest BCUT2D eigenvalue weighted by Crippen LogP contribution is 2.32. The molecule has 0 aliphatic carbocycles. The van der Waals surface area contributed by atoms with Crippen LogP contribution in [0.1, 0.15) is 5.56 Å². The first-order valence-corrected chi connectivity index (χ1v) is 8.34. The van der Waals surface area contributed by atoms with Crippen LogP contribution in [0.4, 0.5) is 0 Å². The summed E-state index contributed by atoms with van der Waals surface area (Å²) in [7, 11) is 3.26. The number of rotatable bonds is 4. The van der Waals surface area contributed by atoms with Gasteiger partial charge in [-0.25, -0.2) is 9.50 Å². The molecule has 0 fully saturated rings. The molecular formula is C21H19N3O2. The van der Waals surface area contributed by atoms with Gasteiger partial charge in [-0.2, -0.15) is 5.10 Å². The molecule has 26 heavy (non-hydrogen) atoms. The smallest absolute Gasteiger partial charge is 0.161 e. The monoisotopic (exact) mass is 345 g/mol. The van der Waals surface area contributed by atoms with E-state index in [2.05, 4.69) is 30.1 Å². The number of hydrogen-bond donors (Lipinski definition) is 0. The minimum Gasteiger partial charge on any atom is -0.493 e. The van der Waals surface area contributed by atoms with E-state index in [9.17, 15) is 0 Å². The molecule has 5 nitrogen and oxygen atoms in total. The molecule has 0 spiro atoms. The van der Waals surface area contributed by atoms with Gasteiger partial charge in [0.2, 0.25) is 0 Å². The van der Waals surface area contributed by atoms with Gasteiger partial charge in [0.1, 0.15) is 0 Å². The molecule has 0 saturated heterocycles. The molecule has 0 aliphatic heterocycles. The summed E-state index contributed by atoms with van der Waals surface area (Å²) >= 11 is 0. The van der Waals surface area contributed by atoms with Crippen LogP contribution in [0.15, 0.2) is 60.8 Å². The lowest BCUT2D eigenvalue weighted by Crippen LogP contribution is -1.97. The first-order chi connectivity index (χ1) is 12.7. The average Bonchev–Trinajstić information content (AvgIpc) is 3.10. The van der Waals surface area contributed by atoms with Gasteiger partial charge in [-0.3, -0.25) is 0 Å². The Morgan fingerprint density at radius 2 is 1.69 bits per heavy atom. The predicted molar refractivity (Wildman–Crippen MR) is 102 cm³/mol. The zero-order chi connectivity index (χ0) is 18.1. The fourth-order valence-electron chi connectivity index (χ4n) is 3.02. The molecule has 2 heterocycles. The summed E-state index contributed by atoms with van der Waals surface area (Å²) < 4.78 is 12.6. The number of fused-ring (bicyclic) bond motifs is 1. The molecule has 0 aliphatic rings. The Labute approximate surface area is 151 Å². The molecule has 0 atom stereocenters. The van der Waals surface area contributed by atoms with Gasteiger partial charge in [0.25, 0.3) is 0 Å². The summed E-state index contributed by atoms with van der Waals surface area (Å²) in [5, 5.41) is 4.80. The van der Waals surface area contributed by atoms with E-state index in [0.29, 0.717) is 11.5 Å². The van der Waals surface area contributed by atoms with Crippen LogP contribution in [0.25, 0.3) is 28.2 Å². The van der Waals surface area contributed by atoms with Crippen LogP contribution in [-0.2, 0) is 0 Å². The Kier molecular flexibility index (Phi) is 4.05. The molecule has 130 valence electrons. The van der Waals surface area contributed by atoms with Crippen molar-refractivity contribution in [1.82, 2.24) is 14.6 Å². The second-order valence-electron chi connectivity index (χ2n) is 6.07. The Hall–Kier alpha value is -3.34. The van der Waals surface area contributed by atoms with Crippen LogP contribution in [0.5, 0.6) is 11.5 Å². The van der Waals surface area contributed by atoms with Gasteiger partial charge in [-0.15, -0.1) is 0 Å². The Balaban J connectivity index is 1.85.